The van der Waals surface area contributed by atoms with Crippen LogP contribution in [0.15, 0.2) is 110 Å². The molecular formula is C84H96Cl8N12O4. The van der Waals surface area contributed by atoms with Crippen LogP contribution in [0.4, 0.5) is 23.3 Å². The minimum Gasteiger partial charge on any atom is -0.356 e. The first-order valence-electron chi connectivity index (χ1n) is 37.5. The van der Waals surface area contributed by atoms with E-state index in [9.17, 15) is 19.2 Å². The zero-order valence-corrected chi connectivity index (χ0v) is 70.2. The second kappa shape index (κ2) is 32.5. The number of halogens is 8. The van der Waals surface area contributed by atoms with Crippen LogP contribution in [0.3, 0.4) is 0 Å². The summed E-state index contributed by atoms with van der Waals surface area (Å²) in [7, 11) is 0. The van der Waals surface area contributed by atoms with E-state index >= 15 is 0 Å². The number of aromatic nitrogens is 8. The summed E-state index contributed by atoms with van der Waals surface area (Å²) >= 11 is 49.9. The minimum atomic E-state index is -0.124. The van der Waals surface area contributed by atoms with E-state index in [0.29, 0.717) is 125 Å². The van der Waals surface area contributed by atoms with E-state index in [0.717, 1.165) is 100 Å². The van der Waals surface area contributed by atoms with E-state index in [2.05, 4.69) is 79.3 Å². The zero-order valence-electron chi connectivity index (χ0n) is 64.1. The molecule has 4 aliphatic heterocycles. The number of hydrogen-bond acceptors (Lipinski definition) is 12. The summed E-state index contributed by atoms with van der Waals surface area (Å²) in [5.41, 5.74) is 9.71. The van der Waals surface area contributed by atoms with Gasteiger partial charge in [0.05, 0.1) is 85.2 Å². The monoisotopic (exact) mass is 1620 g/mol. The average Bonchev–Trinajstić information content (AvgIpc) is 1.36. The standard InChI is InChI=1S/C22H21Cl2N3O.2C21H25Cl2N3O.C20H25Cl2N3O/c1-13-7-8-17-12-26(10-9-16(17)11-13)21-14(2)22(28)27(15(3)25-21)19-6-4-5-18(23)20(19)24;1-13-7-8-21(13)9-11-25(12-10-21)19-14(2)20(27)26(15(3)24-19)17-6-4-5-16(22)18(17)23;1-4-15-12-21(15)8-10-25(11-9-21)19-13(2)20(27)26(14(3)24-19)17-7-5-6-16(22)18(17)23;1-6-14-10-24(11-20(14,4)5)18-12(2)19(26)25(13(3)23-18)16-9-7-8-15(21)17(16)22/h4-8,11H,9-10,12H2,1-3H3;4-6,13H,7-12H2,1-3H3;5-7,15H,4,8-12H2,1-3H3;7-9,14H,6,10-11H2,1-5H3. The van der Waals surface area contributed by atoms with Crippen molar-refractivity contribution >= 4 is 116 Å². The van der Waals surface area contributed by atoms with Gasteiger partial charge in [0.1, 0.15) is 46.6 Å². The smallest absolute Gasteiger partial charge is 0.263 e. The molecule has 572 valence electrons. The molecule has 8 heterocycles. The molecule has 3 atom stereocenters. The fraction of sp³-hybridized carbons (Fsp3) is 0.452. The number of rotatable bonds is 10. The first-order chi connectivity index (χ1) is 51.2. The van der Waals surface area contributed by atoms with Gasteiger partial charge in [-0.1, -0.05) is 188 Å². The lowest BCUT2D eigenvalue weighted by atomic mass is 9.56. The lowest BCUT2D eigenvalue weighted by molar-refractivity contribution is 0.0163. The highest BCUT2D eigenvalue weighted by Crippen LogP contribution is 2.61. The number of piperidine rings is 2. The summed E-state index contributed by atoms with van der Waals surface area (Å²) in [5, 5.41) is 3.15. The highest BCUT2D eigenvalue weighted by Gasteiger charge is 2.54. The molecule has 2 spiro atoms. The molecule has 5 fully saturated rings. The van der Waals surface area contributed by atoms with Crippen molar-refractivity contribution in [1.82, 2.24) is 38.2 Å². The van der Waals surface area contributed by atoms with E-state index in [1.807, 2.05) is 55.4 Å². The van der Waals surface area contributed by atoms with Gasteiger partial charge in [-0.05, 0) is 207 Å². The van der Waals surface area contributed by atoms with Gasteiger partial charge in [0, 0.05) is 52.4 Å². The predicted octanol–water partition coefficient (Wildman–Crippen LogP) is 20.4. The Hall–Kier alpha value is -6.86. The Balaban J connectivity index is 0.000000135. The molecule has 3 saturated heterocycles. The van der Waals surface area contributed by atoms with Crippen LogP contribution >= 0.6 is 92.8 Å². The molecule has 0 bridgehead atoms. The van der Waals surface area contributed by atoms with Gasteiger partial charge >= 0.3 is 0 Å². The van der Waals surface area contributed by atoms with Crippen LogP contribution in [-0.4, -0.2) is 84.0 Å². The Labute approximate surface area is 673 Å². The number of fused-ring (bicyclic) bond motifs is 1. The van der Waals surface area contributed by atoms with E-state index in [1.165, 1.54) is 72.6 Å². The van der Waals surface area contributed by atoms with Gasteiger partial charge < -0.3 is 19.6 Å². The largest absolute Gasteiger partial charge is 0.356 e. The maximum absolute atomic E-state index is 13.2. The Kier molecular flexibility index (Phi) is 24.2. The Bertz CT molecular complexity index is 5210. The summed E-state index contributed by atoms with van der Waals surface area (Å²) in [4.78, 5) is 80.8. The van der Waals surface area contributed by atoms with Crippen molar-refractivity contribution in [3.8, 4) is 22.7 Å². The van der Waals surface area contributed by atoms with Gasteiger partial charge in [-0.2, -0.15) is 0 Å². The summed E-state index contributed by atoms with van der Waals surface area (Å²) < 4.78 is 6.21. The van der Waals surface area contributed by atoms with E-state index in [-0.39, 0.29) is 27.7 Å². The van der Waals surface area contributed by atoms with Crippen LogP contribution in [0.25, 0.3) is 22.7 Å². The number of benzene rings is 5. The van der Waals surface area contributed by atoms with Crippen molar-refractivity contribution in [3.63, 3.8) is 0 Å². The van der Waals surface area contributed by atoms with Crippen molar-refractivity contribution in [3.05, 3.63) is 235 Å². The van der Waals surface area contributed by atoms with E-state index < -0.39 is 0 Å². The quantitative estimate of drug-likeness (QED) is 0.128. The highest BCUT2D eigenvalue weighted by atomic mass is 35.5. The Morgan fingerprint density at radius 3 is 1.09 bits per heavy atom. The van der Waals surface area contributed by atoms with E-state index in [4.69, 9.17) is 113 Å². The van der Waals surface area contributed by atoms with Crippen LogP contribution < -0.4 is 41.8 Å². The third kappa shape index (κ3) is 15.6. The topological polar surface area (TPSA) is 153 Å². The molecule has 15 rings (SSSR count). The maximum Gasteiger partial charge on any atom is 0.263 e. The third-order valence-electron chi connectivity index (χ3n) is 24.2. The van der Waals surface area contributed by atoms with Crippen molar-refractivity contribution in [2.24, 2.45) is 34.0 Å². The van der Waals surface area contributed by atoms with Crippen molar-refractivity contribution in [2.75, 3.05) is 65.4 Å². The Morgan fingerprint density at radius 1 is 0.417 bits per heavy atom. The average molecular weight is 1620 g/mol. The fourth-order valence-corrected chi connectivity index (χ4v) is 18.8. The third-order valence-corrected chi connectivity index (χ3v) is 27.4. The molecule has 3 unspecified atom stereocenters. The normalized spacial score (nSPS) is 18.7. The van der Waals surface area contributed by atoms with Gasteiger partial charge in [-0.15, -0.1) is 0 Å². The van der Waals surface area contributed by atoms with Gasteiger partial charge in [0.25, 0.3) is 22.2 Å². The molecular weight excluding hydrogens is 1520 g/mol. The molecule has 4 aromatic heterocycles. The lowest BCUT2D eigenvalue weighted by Crippen LogP contribution is -2.49. The molecule has 2 saturated carbocycles. The van der Waals surface area contributed by atoms with Crippen LogP contribution in [0.5, 0.6) is 0 Å². The lowest BCUT2D eigenvalue weighted by Gasteiger charge is -2.53. The molecule has 108 heavy (non-hydrogen) atoms. The SMILES string of the molecule is CCC1CC12CCN(c1nc(C)n(-c3cccc(Cl)c3Cl)c(=O)c1C)CC2.CCC1CN(c2nc(C)n(-c3cccc(Cl)c3Cl)c(=O)c2C)CC1(C)C.Cc1c(N2CCC3(CCC3C)CC2)nc(C)n(-c2cccc(Cl)c2Cl)c1=O.Cc1ccc2c(c1)CCN(c1nc(C)n(-c3cccc(Cl)c3Cl)c(=O)c1C)C2. The van der Waals surface area contributed by atoms with Crippen molar-refractivity contribution in [1.29, 1.82) is 0 Å². The molecule has 5 aromatic carbocycles. The van der Waals surface area contributed by atoms with Crippen molar-refractivity contribution in [2.45, 2.75) is 168 Å². The molecule has 9 aromatic rings. The fourth-order valence-electron chi connectivity index (χ4n) is 17.3. The first-order valence-corrected chi connectivity index (χ1v) is 40.5. The van der Waals surface area contributed by atoms with Gasteiger partial charge in [0.2, 0.25) is 0 Å². The number of anilines is 4. The van der Waals surface area contributed by atoms with Crippen LogP contribution in [0.1, 0.15) is 155 Å². The van der Waals surface area contributed by atoms with Gasteiger partial charge in [-0.25, -0.2) is 19.9 Å². The second-order valence-electron chi connectivity index (χ2n) is 31.2. The summed E-state index contributed by atoms with van der Waals surface area (Å²) in [6.45, 7) is 35.6. The van der Waals surface area contributed by atoms with Gasteiger partial charge in [-0.3, -0.25) is 37.4 Å². The molecule has 24 heteroatoms. The molecule has 0 radical (unpaired) electrons. The molecule has 6 aliphatic rings. The van der Waals surface area contributed by atoms with Crippen molar-refractivity contribution < 1.29 is 0 Å². The molecule has 0 amide bonds. The maximum atomic E-state index is 13.2. The van der Waals surface area contributed by atoms with E-state index in [1.54, 1.807) is 86.5 Å². The number of aryl methyl sites for hydroxylation is 5. The zero-order chi connectivity index (χ0) is 77.9. The highest BCUT2D eigenvalue weighted by molar-refractivity contribution is 6.44. The summed E-state index contributed by atoms with van der Waals surface area (Å²) in [6, 6.07) is 27.7. The minimum absolute atomic E-state index is 0.0835. The first kappa shape index (κ1) is 80.7. The molecule has 0 N–H and O–H groups in total. The van der Waals surface area contributed by atoms with Crippen LogP contribution in [0, 0.1) is 96.3 Å². The predicted molar refractivity (Wildman–Crippen MR) is 448 cm³/mol. The van der Waals surface area contributed by atoms with Crippen LogP contribution in [0.2, 0.25) is 40.2 Å². The van der Waals surface area contributed by atoms with Gasteiger partial charge in [0.15, 0.2) is 0 Å². The summed E-state index contributed by atoms with van der Waals surface area (Å²) in [6.07, 6.45) is 12.2. The number of hydrogen-bond donors (Lipinski definition) is 0. The number of nitrogens with zero attached hydrogens (tertiary/aromatic N) is 12. The summed E-state index contributed by atoms with van der Waals surface area (Å²) in [5.74, 6) is 7.92. The Morgan fingerprint density at radius 2 is 0.769 bits per heavy atom. The molecule has 16 nitrogen and oxygen atoms in total. The molecule has 2 aliphatic carbocycles. The van der Waals surface area contributed by atoms with Crippen LogP contribution in [-0.2, 0) is 13.0 Å². The second-order valence-corrected chi connectivity index (χ2v) is 34.3.